The van der Waals surface area contributed by atoms with Gasteiger partial charge >= 0.3 is 0 Å². The minimum atomic E-state index is 0.289. The number of rotatable bonds is 4. The predicted octanol–water partition coefficient (Wildman–Crippen LogP) is 2.13. The van der Waals surface area contributed by atoms with E-state index in [4.69, 9.17) is 11.0 Å². The highest BCUT2D eigenvalue weighted by Gasteiger charge is 2.26. The van der Waals surface area contributed by atoms with Gasteiger partial charge in [-0.3, -0.25) is 4.90 Å². The lowest BCUT2D eigenvalue weighted by atomic mass is 10.1. The van der Waals surface area contributed by atoms with Crippen molar-refractivity contribution < 1.29 is 0 Å². The van der Waals surface area contributed by atoms with Crippen LogP contribution in [0, 0.1) is 17.2 Å². The molecule has 0 bridgehead atoms. The molecule has 1 aliphatic carbocycles. The second kappa shape index (κ2) is 6.69. The molecule has 2 aromatic rings. The topological polar surface area (TPSA) is 82.1 Å². The van der Waals surface area contributed by atoms with Crippen molar-refractivity contribution in [1.29, 1.82) is 5.26 Å². The maximum atomic E-state index is 8.93. The van der Waals surface area contributed by atoms with E-state index >= 15 is 0 Å². The fourth-order valence-electron chi connectivity index (χ4n) is 3.30. The smallest absolute Gasteiger partial charge is 0.222 e. The number of nitriles is 1. The fraction of sp³-hybridized carbons (Fsp3) is 0.421. The van der Waals surface area contributed by atoms with Gasteiger partial charge in [0.15, 0.2) is 0 Å². The Morgan fingerprint density at radius 3 is 2.44 bits per heavy atom. The summed E-state index contributed by atoms with van der Waals surface area (Å²) in [5, 5.41) is 8.93. The number of anilines is 2. The summed E-state index contributed by atoms with van der Waals surface area (Å²) in [4.78, 5) is 13.6. The molecule has 2 fully saturated rings. The molecular weight excluding hydrogens is 312 g/mol. The molecule has 0 radical (unpaired) electrons. The maximum absolute atomic E-state index is 8.93. The van der Waals surface area contributed by atoms with Gasteiger partial charge in [0.1, 0.15) is 5.82 Å². The lowest BCUT2D eigenvalue weighted by Gasteiger charge is -2.35. The van der Waals surface area contributed by atoms with E-state index in [1.807, 2.05) is 18.2 Å². The number of piperazine rings is 1. The number of hydrogen-bond acceptors (Lipinski definition) is 6. The summed E-state index contributed by atoms with van der Waals surface area (Å²) in [5.74, 6) is 2.11. The summed E-state index contributed by atoms with van der Waals surface area (Å²) in [7, 11) is 0. The number of benzene rings is 1. The molecule has 1 saturated heterocycles. The van der Waals surface area contributed by atoms with E-state index in [2.05, 4.69) is 25.8 Å². The Balaban J connectivity index is 1.50. The number of aromatic nitrogens is 2. The Labute approximate surface area is 147 Å². The van der Waals surface area contributed by atoms with Crippen molar-refractivity contribution in [3.8, 4) is 17.3 Å². The van der Waals surface area contributed by atoms with Crippen LogP contribution in [0.2, 0.25) is 0 Å². The van der Waals surface area contributed by atoms with Crippen molar-refractivity contribution in [3.63, 3.8) is 0 Å². The van der Waals surface area contributed by atoms with Gasteiger partial charge in [0.25, 0.3) is 0 Å². The highest BCUT2D eigenvalue weighted by atomic mass is 15.3. The molecule has 2 aliphatic rings. The predicted molar refractivity (Wildman–Crippen MR) is 98.0 cm³/mol. The molecule has 0 spiro atoms. The lowest BCUT2D eigenvalue weighted by molar-refractivity contribution is 0.247. The molecule has 1 aliphatic heterocycles. The van der Waals surface area contributed by atoms with Crippen LogP contribution in [0.5, 0.6) is 0 Å². The van der Waals surface area contributed by atoms with Crippen LogP contribution in [0.3, 0.4) is 0 Å². The van der Waals surface area contributed by atoms with Gasteiger partial charge in [-0.25, -0.2) is 4.98 Å². The summed E-state index contributed by atoms with van der Waals surface area (Å²) in [6, 6.07) is 11.5. The molecule has 1 aromatic heterocycles. The monoisotopic (exact) mass is 334 g/mol. The zero-order chi connectivity index (χ0) is 17.2. The first-order chi connectivity index (χ1) is 12.2. The first-order valence-electron chi connectivity index (χ1n) is 8.83. The van der Waals surface area contributed by atoms with E-state index in [0.717, 1.165) is 49.2 Å². The lowest BCUT2D eigenvalue weighted by Crippen LogP contribution is -2.47. The van der Waals surface area contributed by atoms with Crippen molar-refractivity contribution in [1.82, 2.24) is 14.9 Å². The van der Waals surface area contributed by atoms with Gasteiger partial charge in [-0.2, -0.15) is 10.2 Å². The van der Waals surface area contributed by atoms with Gasteiger partial charge < -0.3 is 10.6 Å². The van der Waals surface area contributed by atoms with E-state index in [1.54, 1.807) is 12.1 Å². The molecule has 2 heterocycles. The fourth-order valence-corrected chi connectivity index (χ4v) is 3.30. The van der Waals surface area contributed by atoms with Crippen LogP contribution in [0.15, 0.2) is 30.3 Å². The molecule has 1 saturated carbocycles. The Kier molecular flexibility index (Phi) is 4.24. The molecule has 4 rings (SSSR count). The van der Waals surface area contributed by atoms with Gasteiger partial charge in [-0.1, -0.05) is 12.1 Å². The van der Waals surface area contributed by atoms with Gasteiger partial charge in [0.2, 0.25) is 5.95 Å². The molecule has 6 nitrogen and oxygen atoms in total. The van der Waals surface area contributed by atoms with E-state index < -0.39 is 0 Å². The van der Waals surface area contributed by atoms with E-state index in [1.165, 1.54) is 19.4 Å². The van der Waals surface area contributed by atoms with Crippen LogP contribution in [0.1, 0.15) is 18.4 Å². The third-order valence-electron chi connectivity index (χ3n) is 4.95. The molecule has 2 N–H and O–H groups in total. The Bertz CT molecular complexity index is 783. The minimum Gasteiger partial charge on any atom is -0.368 e. The van der Waals surface area contributed by atoms with Crippen molar-refractivity contribution in [3.05, 3.63) is 35.9 Å². The average molecular weight is 334 g/mol. The molecular formula is C19H22N6. The van der Waals surface area contributed by atoms with E-state index in [0.29, 0.717) is 5.56 Å². The quantitative estimate of drug-likeness (QED) is 0.922. The third-order valence-corrected chi connectivity index (χ3v) is 4.95. The van der Waals surface area contributed by atoms with Crippen molar-refractivity contribution in [2.24, 2.45) is 5.92 Å². The van der Waals surface area contributed by atoms with Crippen LogP contribution in [0.25, 0.3) is 11.3 Å². The molecule has 0 amide bonds. The summed E-state index contributed by atoms with van der Waals surface area (Å²) in [6.07, 6.45) is 2.80. The van der Waals surface area contributed by atoms with Gasteiger partial charge in [0, 0.05) is 44.4 Å². The van der Waals surface area contributed by atoms with Crippen molar-refractivity contribution in [2.45, 2.75) is 12.8 Å². The Morgan fingerprint density at radius 1 is 1.08 bits per heavy atom. The number of nitrogens with zero attached hydrogens (tertiary/aromatic N) is 5. The third kappa shape index (κ3) is 3.72. The maximum Gasteiger partial charge on any atom is 0.222 e. The molecule has 6 heteroatoms. The first kappa shape index (κ1) is 15.9. The Morgan fingerprint density at radius 2 is 1.80 bits per heavy atom. The number of nitrogens with two attached hydrogens (primary N) is 1. The largest absolute Gasteiger partial charge is 0.368 e. The number of nitrogen functional groups attached to an aromatic ring is 1. The average Bonchev–Trinajstić information content (AvgIpc) is 3.46. The van der Waals surface area contributed by atoms with Crippen LogP contribution in [-0.2, 0) is 0 Å². The van der Waals surface area contributed by atoms with Gasteiger partial charge in [-0.05, 0) is 30.9 Å². The highest BCUT2D eigenvalue weighted by molar-refractivity contribution is 5.65. The summed E-state index contributed by atoms with van der Waals surface area (Å²) in [6.45, 7) is 5.33. The zero-order valence-electron chi connectivity index (χ0n) is 14.2. The number of hydrogen-bond donors (Lipinski definition) is 1. The normalized spacial score (nSPS) is 18.1. The standard InChI is InChI=1S/C19H22N6/c20-12-14-3-5-16(6-4-14)17-11-18(23-19(21)22-17)25-9-7-24(8-10-25)13-15-1-2-15/h3-6,11,15H,1-2,7-10,13H2,(H2,21,22,23). The molecule has 1 aromatic carbocycles. The summed E-state index contributed by atoms with van der Waals surface area (Å²) in [5.41, 5.74) is 8.33. The van der Waals surface area contributed by atoms with E-state index in [9.17, 15) is 0 Å². The second-order valence-corrected chi connectivity index (χ2v) is 6.89. The van der Waals surface area contributed by atoms with E-state index in [-0.39, 0.29) is 5.95 Å². The Hall–Kier alpha value is -2.65. The first-order valence-corrected chi connectivity index (χ1v) is 8.83. The second-order valence-electron chi connectivity index (χ2n) is 6.89. The van der Waals surface area contributed by atoms with Crippen molar-refractivity contribution >= 4 is 11.8 Å². The van der Waals surface area contributed by atoms with Crippen LogP contribution in [-0.4, -0.2) is 47.6 Å². The SMILES string of the molecule is N#Cc1ccc(-c2cc(N3CCN(CC4CC4)CC3)nc(N)n2)cc1. The van der Waals surface area contributed by atoms with Crippen molar-refractivity contribution in [2.75, 3.05) is 43.4 Å². The summed E-state index contributed by atoms with van der Waals surface area (Å²) >= 11 is 0. The van der Waals surface area contributed by atoms with Crippen LogP contribution in [0.4, 0.5) is 11.8 Å². The minimum absolute atomic E-state index is 0.289. The molecule has 0 atom stereocenters. The highest BCUT2D eigenvalue weighted by Crippen LogP contribution is 2.30. The van der Waals surface area contributed by atoms with Crippen LogP contribution >= 0.6 is 0 Å². The molecule has 128 valence electrons. The van der Waals surface area contributed by atoms with Crippen LogP contribution < -0.4 is 10.6 Å². The molecule has 0 unspecified atom stereocenters. The molecule has 25 heavy (non-hydrogen) atoms. The van der Waals surface area contributed by atoms with Gasteiger partial charge in [0.05, 0.1) is 17.3 Å². The van der Waals surface area contributed by atoms with Gasteiger partial charge in [-0.15, -0.1) is 0 Å². The zero-order valence-corrected chi connectivity index (χ0v) is 14.2. The summed E-state index contributed by atoms with van der Waals surface area (Å²) < 4.78 is 0.